The van der Waals surface area contributed by atoms with Crippen LogP contribution < -0.4 is 10.1 Å². The van der Waals surface area contributed by atoms with E-state index in [1.54, 1.807) is 0 Å². The smallest absolute Gasteiger partial charge is 0.248 e. The van der Waals surface area contributed by atoms with E-state index in [1.165, 1.54) is 11.1 Å². The fourth-order valence-corrected chi connectivity index (χ4v) is 2.66. The van der Waals surface area contributed by atoms with Crippen LogP contribution in [-0.2, 0) is 13.0 Å². The molecule has 106 valence electrons. The average Bonchev–Trinajstić information content (AvgIpc) is 2.33. The Kier molecular flexibility index (Phi) is 4.31. The number of halogens is 3. The minimum Gasteiger partial charge on any atom is -0.493 e. The SMILES string of the molecule is Cl.FC1(F)CC(COc2ccc3c(c2)CNCC3)C1. The van der Waals surface area contributed by atoms with Gasteiger partial charge in [0.05, 0.1) is 6.61 Å². The zero-order valence-electron chi connectivity index (χ0n) is 10.6. The van der Waals surface area contributed by atoms with Crippen LogP contribution in [0.5, 0.6) is 5.75 Å². The van der Waals surface area contributed by atoms with Crippen molar-refractivity contribution < 1.29 is 13.5 Å². The van der Waals surface area contributed by atoms with Crippen LogP contribution in [-0.4, -0.2) is 19.1 Å². The Bertz CT molecular complexity index is 445. The fraction of sp³-hybridized carbons (Fsp3) is 0.571. The zero-order valence-corrected chi connectivity index (χ0v) is 11.4. The Balaban J connectivity index is 0.00000133. The molecule has 0 amide bonds. The third-order valence-electron chi connectivity index (χ3n) is 3.72. The van der Waals surface area contributed by atoms with Gasteiger partial charge in [-0.05, 0) is 36.2 Å². The van der Waals surface area contributed by atoms with Gasteiger partial charge in [0, 0.05) is 25.3 Å². The Morgan fingerprint density at radius 2 is 2.05 bits per heavy atom. The molecular weight excluding hydrogens is 272 g/mol. The normalized spacial score (nSPS) is 20.9. The van der Waals surface area contributed by atoms with Crippen molar-refractivity contribution in [2.75, 3.05) is 13.2 Å². The van der Waals surface area contributed by atoms with Crippen LogP contribution in [0.4, 0.5) is 8.78 Å². The molecule has 1 saturated carbocycles. The zero-order chi connectivity index (χ0) is 12.6. The summed E-state index contributed by atoms with van der Waals surface area (Å²) in [6.07, 6.45) is 0.990. The van der Waals surface area contributed by atoms with Crippen molar-refractivity contribution >= 4 is 12.4 Å². The number of hydrogen-bond acceptors (Lipinski definition) is 2. The molecule has 3 rings (SSSR count). The molecule has 1 aromatic carbocycles. The van der Waals surface area contributed by atoms with Gasteiger partial charge in [-0.1, -0.05) is 6.07 Å². The van der Waals surface area contributed by atoms with Gasteiger partial charge < -0.3 is 10.1 Å². The van der Waals surface area contributed by atoms with E-state index < -0.39 is 5.92 Å². The molecule has 0 saturated heterocycles. The fourth-order valence-electron chi connectivity index (χ4n) is 2.66. The van der Waals surface area contributed by atoms with Gasteiger partial charge in [0.25, 0.3) is 0 Å². The highest BCUT2D eigenvalue weighted by atomic mass is 35.5. The number of rotatable bonds is 3. The van der Waals surface area contributed by atoms with Gasteiger partial charge in [-0.25, -0.2) is 8.78 Å². The van der Waals surface area contributed by atoms with E-state index in [1.807, 2.05) is 12.1 Å². The summed E-state index contributed by atoms with van der Waals surface area (Å²) in [5.74, 6) is -1.64. The monoisotopic (exact) mass is 289 g/mol. The first-order chi connectivity index (χ1) is 8.62. The number of ether oxygens (including phenoxy) is 1. The van der Waals surface area contributed by atoms with E-state index in [2.05, 4.69) is 11.4 Å². The van der Waals surface area contributed by atoms with Crippen molar-refractivity contribution in [3.05, 3.63) is 29.3 Å². The molecular formula is C14H18ClF2NO. The molecule has 2 aliphatic rings. The highest BCUT2D eigenvalue weighted by Gasteiger charge is 2.45. The maximum atomic E-state index is 12.7. The van der Waals surface area contributed by atoms with Crippen LogP contribution in [0.15, 0.2) is 18.2 Å². The second-order valence-corrected chi connectivity index (χ2v) is 5.30. The third kappa shape index (κ3) is 3.37. The van der Waals surface area contributed by atoms with Crippen LogP contribution in [0.1, 0.15) is 24.0 Å². The molecule has 1 aliphatic carbocycles. The highest BCUT2D eigenvalue weighted by Crippen LogP contribution is 2.42. The first-order valence-corrected chi connectivity index (χ1v) is 6.45. The van der Waals surface area contributed by atoms with Crippen molar-refractivity contribution in [3.8, 4) is 5.75 Å². The first kappa shape index (κ1) is 14.5. The summed E-state index contributed by atoms with van der Waals surface area (Å²) in [4.78, 5) is 0. The Morgan fingerprint density at radius 1 is 1.26 bits per heavy atom. The van der Waals surface area contributed by atoms with Crippen LogP contribution in [0.2, 0.25) is 0 Å². The largest absolute Gasteiger partial charge is 0.493 e. The van der Waals surface area contributed by atoms with Gasteiger partial charge >= 0.3 is 0 Å². The molecule has 0 bridgehead atoms. The van der Waals surface area contributed by atoms with Gasteiger partial charge in [-0.3, -0.25) is 0 Å². The van der Waals surface area contributed by atoms with Crippen molar-refractivity contribution in [1.29, 1.82) is 0 Å². The molecule has 0 atom stereocenters. The maximum Gasteiger partial charge on any atom is 0.248 e. The average molecular weight is 290 g/mol. The molecule has 0 aromatic heterocycles. The summed E-state index contributed by atoms with van der Waals surface area (Å²) in [5.41, 5.74) is 2.62. The number of nitrogens with one attached hydrogen (secondary N) is 1. The molecule has 1 heterocycles. The summed E-state index contributed by atoms with van der Waals surface area (Å²) in [7, 11) is 0. The Labute approximate surface area is 117 Å². The summed E-state index contributed by atoms with van der Waals surface area (Å²) in [5, 5.41) is 3.31. The van der Waals surface area contributed by atoms with E-state index in [0.717, 1.165) is 25.3 Å². The van der Waals surface area contributed by atoms with Gasteiger partial charge in [0.1, 0.15) is 5.75 Å². The molecule has 1 N–H and O–H groups in total. The number of fused-ring (bicyclic) bond motifs is 1. The van der Waals surface area contributed by atoms with Crippen molar-refractivity contribution in [2.45, 2.75) is 31.7 Å². The second kappa shape index (κ2) is 5.63. The van der Waals surface area contributed by atoms with Crippen molar-refractivity contribution in [1.82, 2.24) is 5.32 Å². The second-order valence-electron chi connectivity index (χ2n) is 5.30. The minimum absolute atomic E-state index is 0. The Hall–Kier alpha value is -0.870. The van der Waals surface area contributed by atoms with E-state index in [-0.39, 0.29) is 31.2 Å². The molecule has 5 heteroatoms. The molecule has 19 heavy (non-hydrogen) atoms. The minimum atomic E-state index is -2.45. The lowest BCUT2D eigenvalue weighted by molar-refractivity contribution is -0.119. The summed E-state index contributed by atoms with van der Waals surface area (Å²) in [6, 6.07) is 6.06. The quantitative estimate of drug-likeness (QED) is 0.923. The molecule has 1 aliphatic heterocycles. The molecule has 0 radical (unpaired) electrons. The van der Waals surface area contributed by atoms with Gasteiger partial charge in [0.15, 0.2) is 0 Å². The molecule has 1 fully saturated rings. The molecule has 0 unspecified atom stereocenters. The predicted octanol–water partition coefficient (Wildman–Crippen LogP) is 3.18. The summed E-state index contributed by atoms with van der Waals surface area (Å²) in [6.45, 7) is 2.29. The third-order valence-corrected chi connectivity index (χ3v) is 3.72. The Morgan fingerprint density at radius 3 is 2.79 bits per heavy atom. The lowest BCUT2D eigenvalue weighted by Gasteiger charge is -2.34. The lowest BCUT2D eigenvalue weighted by Crippen LogP contribution is -2.38. The molecule has 0 spiro atoms. The number of alkyl halides is 2. The summed E-state index contributed by atoms with van der Waals surface area (Å²) >= 11 is 0. The van der Waals surface area contributed by atoms with Gasteiger partial charge in [0.2, 0.25) is 5.92 Å². The van der Waals surface area contributed by atoms with Gasteiger partial charge in [-0.2, -0.15) is 0 Å². The van der Waals surface area contributed by atoms with E-state index >= 15 is 0 Å². The number of benzene rings is 1. The predicted molar refractivity (Wildman–Crippen MR) is 72.3 cm³/mol. The van der Waals surface area contributed by atoms with E-state index in [4.69, 9.17) is 4.74 Å². The van der Waals surface area contributed by atoms with Crippen LogP contribution in [0.3, 0.4) is 0 Å². The molecule has 1 aromatic rings. The summed E-state index contributed by atoms with van der Waals surface area (Å²) < 4.78 is 31.0. The number of hydrogen-bond donors (Lipinski definition) is 1. The van der Waals surface area contributed by atoms with Crippen molar-refractivity contribution in [2.24, 2.45) is 5.92 Å². The van der Waals surface area contributed by atoms with Crippen molar-refractivity contribution in [3.63, 3.8) is 0 Å². The standard InChI is InChI=1S/C14H17F2NO.ClH/c15-14(16)6-10(7-14)9-18-13-2-1-11-3-4-17-8-12(11)5-13;/h1-2,5,10,17H,3-4,6-9H2;1H. The van der Waals surface area contributed by atoms with E-state index in [9.17, 15) is 8.78 Å². The first-order valence-electron chi connectivity index (χ1n) is 6.45. The van der Waals surface area contributed by atoms with Crippen LogP contribution in [0, 0.1) is 5.92 Å². The van der Waals surface area contributed by atoms with E-state index in [0.29, 0.717) is 6.61 Å². The highest BCUT2D eigenvalue weighted by molar-refractivity contribution is 5.85. The lowest BCUT2D eigenvalue weighted by atomic mass is 9.82. The molecule has 2 nitrogen and oxygen atoms in total. The van der Waals surface area contributed by atoms with Gasteiger partial charge in [-0.15, -0.1) is 12.4 Å². The topological polar surface area (TPSA) is 21.3 Å². The maximum absolute atomic E-state index is 12.7. The van der Waals surface area contributed by atoms with Crippen LogP contribution >= 0.6 is 12.4 Å². The van der Waals surface area contributed by atoms with Crippen LogP contribution in [0.25, 0.3) is 0 Å².